The average Bonchev–Trinajstić information content (AvgIpc) is 2.78. The van der Waals surface area contributed by atoms with E-state index in [4.69, 9.17) is 9.47 Å². The maximum atomic E-state index is 12.7. The number of fused-ring (bicyclic) bond motifs is 1. The van der Waals surface area contributed by atoms with Crippen LogP contribution in [0.2, 0.25) is 0 Å². The minimum Gasteiger partial charge on any atom is -0.486 e. The van der Waals surface area contributed by atoms with Gasteiger partial charge >= 0.3 is 6.18 Å². The topological polar surface area (TPSA) is 66.9 Å². The van der Waals surface area contributed by atoms with Crippen LogP contribution in [0.15, 0.2) is 36.5 Å². The highest BCUT2D eigenvalue weighted by Crippen LogP contribution is 2.33. The summed E-state index contributed by atoms with van der Waals surface area (Å²) in [5.41, 5.74) is -0.131. The first-order chi connectivity index (χ1) is 14.8. The average molecular weight is 436 g/mol. The Kier molecular flexibility index (Phi) is 5.90. The number of rotatable bonds is 4. The molecule has 2 aliphatic rings. The van der Waals surface area contributed by atoms with Crippen LogP contribution in [-0.4, -0.2) is 61.2 Å². The third kappa shape index (κ3) is 4.84. The van der Waals surface area contributed by atoms with Crippen LogP contribution in [-0.2, 0) is 11.0 Å². The Balaban J connectivity index is 1.31. The van der Waals surface area contributed by atoms with Gasteiger partial charge < -0.3 is 19.7 Å². The molecule has 7 nitrogen and oxygen atoms in total. The molecule has 1 saturated heterocycles. The molecule has 4 rings (SSSR count). The molecule has 31 heavy (non-hydrogen) atoms. The fraction of sp³-hybridized carbons (Fsp3) is 0.429. The molecule has 1 fully saturated rings. The molecule has 0 saturated carbocycles. The highest BCUT2D eigenvalue weighted by Gasteiger charge is 2.31. The van der Waals surface area contributed by atoms with Crippen molar-refractivity contribution in [3.8, 4) is 11.5 Å². The van der Waals surface area contributed by atoms with Gasteiger partial charge in [0.2, 0.25) is 5.91 Å². The molecule has 166 valence electrons. The summed E-state index contributed by atoms with van der Waals surface area (Å²) in [7, 11) is 0. The van der Waals surface area contributed by atoms with Crippen LogP contribution in [0.4, 0.5) is 24.7 Å². The lowest BCUT2D eigenvalue weighted by Crippen LogP contribution is -2.53. The second-order valence-electron chi connectivity index (χ2n) is 7.45. The molecule has 0 spiro atoms. The number of ether oxygens (including phenoxy) is 2. The molecule has 3 heterocycles. The van der Waals surface area contributed by atoms with Crippen molar-refractivity contribution in [2.45, 2.75) is 19.1 Å². The highest BCUT2D eigenvalue weighted by molar-refractivity contribution is 5.94. The van der Waals surface area contributed by atoms with Gasteiger partial charge in [-0.2, -0.15) is 13.2 Å². The summed E-state index contributed by atoms with van der Waals surface area (Å²) < 4.78 is 49.1. The van der Waals surface area contributed by atoms with Crippen molar-refractivity contribution in [2.75, 3.05) is 49.6 Å². The van der Waals surface area contributed by atoms with Gasteiger partial charge in [-0.05, 0) is 31.2 Å². The molecule has 1 atom stereocenters. The van der Waals surface area contributed by atoms with Crippen molar-refractivity contribution < 1.29 is 27.4 Å². The number of carbonyl (C=O) groups excluding carboxylic acids is 1. The lowest BCUT2D eigenvalue weighted by Gasteiger charge is -2.38. The number of alkyl halides is 3. The smallest absolute Gasteiger partial charge is 0.417 e. The number of pyridine rings is 1. The van der Waals surface area contributed by atoms with E-state index in [2.05, 4.69) is 10.3 Å². The van der Waals surface area contributed by atoms with Crippen molar-refractivity contribution in [2.24, 2.45) is 0 Å². The number of hydrogen-bond acceptors (Lipinski definition) is 6. The molecule has 1 amide bonds. The predicted octanol–water partition coefficient (Wildman–Crippen LogP) is 3.02. The first-order valence-electron chi connectivity index (χ1n) is 10.0. The van der Waals surface area contributed by atoms with E-state index in [0.717, 1.165) is 12.3 Å². The van der Waals surface area contributed by atoms with Crippen molar-refractivity contribution in [1.82, 2.24) is 9.88 Å². The molecular formula is C21H23F3N4O3. The Bertz CT molecular complexity index is 928. The zero-order valence-corrected chi connectivity index (χ0v) is 17.0. The fourth-order valence-corrected chi connectivity index (χ4v) is 3.61. The normalized spacial score (nSPS) is 17.9. The number of anilines is 2. The Morgan fingerprint density at radius 1 is 1.06 bits per heavy atom. The van der Waals surface area contributed by atoms with Crippen LogP contribution in [0.3, 0.4) is 0 Å². The van der Waals surface area contributed by atoms with Gasteiger partial charge in [0.05, 0.1) is 11.6 Å². The summed E-state index contributed by atoms with van der Waals surface area (Å²) in [6, 6.07) is 7.34. The molecule has 2 aliphatic heterocycles. The van der Waals surface area contributed by atoms with Gasteiger partial charge in [0.25, 0.3) is 0 Å². The predicted molar refractivity (Wildman–Crippen MR) is 109 cm³/mol. The van der Waals surface area contributed by atoms with Gasteiger partial charge in [0.1, 0.15) is 19.0 Å². The molecule has 1 N–H and O–H groups in total. The van der Waals surface area contributed by atoms with Crippen molar-refractivity contribution in [3.05, 3.63) is 42.1 Å². The SMILES string of the molecule is CC(C(=O)Nc1ccc2c(c1)OCCO2)N1CCN(c2ccc(C(F)(F)F)cn2)CC1. The standard InChI is InChI=1S/C21H23F3N4O3/c1-14(20(29)26-16-3-4-17-18(12-16)31-11-10-30-17)27-6-8-28(9-7-27)19-5-2-15(13-25-19)21(22,23)24/h2-5,12-14H,6-11H2,1H3,(H,26,29). The number of nitrogens with one attached hydrogen (secondary N) is 1. The second-order valence-corrected chi connectivity index (χ2v) is 7.45. The lowest BCUT2D eigenvalue weighted by atomic mass is 10.2. The summed E-state index contributed by atoms with van der Waals surface area (Å²) >= 11 is 0. The molecule has 0 bridgehead atoms. The van der Waals surface area contributed by atoms with E-state index in [0.29, 0.717) is 62.4 Å². The van der Waals surface area contributed by atoms with Gasteiger partial charge in [-0.1, -0.05) is 0 Å². The van der Waals surface area contributed by atoms with Crippen molar-refractivity contribution >= 4 is 17.4 Å². The third-order valence-corrected chi connectivity index (χ3v) is 5.45. The Morgan fingerprint density at radius 2 is 1.77 bits per heavy atom. The van der Waals surface area contributed by atoms with Crippen LogP contribution in [0.1, 0.15) is 12.5 Å². The molecule has 1 aromatic carbocycles. The number of aromatic nitrogens is 1. The van der Waals surface area contributed by atoms with Crippen LogP contribution >= 0.6 is 0 Å². The number of nitrogens with zero attached hydrogens (tertiary/aromatic N) is 3. The van der Waals surface area contributed by atoms with Gasteiger partial charge in [-0.3, -0.25) is 9.69 Å². The fourth-order valence-electron chi connectivity index (χ4n) is 3.61. The summed E-state index contributed by atoms with van der Waals surface area (Å²) in [6.45, 7) is 5.14. The summed E-state index contributed by atoms with van der Waals surface area (Å²) in [5, 5.41) is 2.90. The number of amides is 1. The van der Waals surface area contributed by atoms with E-state index >= 15 is 0 Å². The molecule has 1 unspecified atom stereocenters. The van der Waals surface area contributed by atoms with E-state index in [1.54, 1.807) is 18.2 Å². The Labute approximate surface area is 177 Å². The zero-order valence-electron chi connectivity index (χ0n) is 17.0. The Hall–Kier alpha value is -3.01. The molecule has 2 aromatic rings. The van der Waals surface area contributed by atoms with E-state index in [1.807, 2.05) is 16.7 Å². The number of piperazine rings is 1. The summed E-state index contributed by atoms with van der Waals surface area (Å²) in [4.78, 5) is 20.6. The van der Waals surface area contributed by atoms with Gasteiger partial charge in [-0.25, -0.2) is 4.98 Å². The van der Waals surface area contributed by atoms with E-state index in [9.17, 15) is 18.0 Å². The van der Waals surface area contributed by atoms with E-state index < -0.39 is 11.7 Å². The van der Waals surface area contributed by atoms with Crippen LogP contribution < -0.4 is 19.7 Å². The largest absolute Gasteiger partial charge is 0.486 e. The Morgan fingerprint density at radius 3 is 2.42 bits per heavy atom. The first kappa shape index (κ1) is 21.2. The molecule has 10 heteroatoms. The van der Waals surface area contributed by atoms with Crippen LogP contribution in [0.5, 0.6) is 11.5 Å². The minimum absolute atomic E-state index is 0.141. The number of hydrogen-bond donors (Lipinski definition) is 1. The molecule has 1 aromatic heterocycles. The molecule has 0 radical (unpaired) electrons. The van der Waals surface area contributed by atoms with E-state index in [-0.39, 0.29) is 11.9 Å². The highest BCUT2D eigenvalue weighted by atomic mass is 19.4. The third-order valence-electron chi connectivity index (χ3n) is 5.45. The number of carbonyl (C=O) groups is 1. The molecular weight excluding hydrogens is 413 g/mol. The maximum Gasteiger partial charge on any atom is 0.417 e. The summed E-state index contributed by atoms with van der Waals surface area (Å²) in [5.74, 6) is 1.62. The lowest BCUT2D eigenvalue weighted by molar-refractivity contribution is -0.137. The van der Waals surface area contributed by atoms with Gasteiger partial charge in [0.15, 0.2) is 11.5 Å². The van der Waals surface area contributed by atoms with Gasteiger partial charge in [0, 0.05) is 44.1 Å². The first-order valence-corrected chi connectivity index (χ1v) is 10.0. The van der Waals surface area contributed by atoms with Crippen LogP contribution in [0, 0.1) is 0 Å². The summed E-state index contributed by atoms with van der Waals surface area (Å²) in [6.07, 6.45) is -3.55. The van der Waals surface area contributed by atoms with Crippen LogP contribution in [0.25, 0.3) is 0 Å². The zero-order chi connectivity index (χ0) is 22.0. The number of benzene rings is 1. The minimum atomic E-state index is -4.40. The maximum absolute atomic E-state index is 12.7. The second kappa shape index (κ2) is 8.62. The monoisotopic (exact) mass is 436 g/mol. The van der Waals surface area contributed by atoms with Gasteiger partial charge in [-0.15, -0.1) is 0 Å². The quantitative estimate of drug-likeness (QED) is 0.795. The van der Waals surface area contributed by atoms with E-state index in [1.165, 1.54) is 6.07 Å². The van der Waals surface area contributed by atoms with Crippen molar-refractivity contribution in [3.63, 3.8) is 0 Å². The molecule has 0 aliphatic carbocycles. The van der Waals surface area contributed by atoms with Crippen molar-refractivity contribution in [1.29, 1.82) is 0 Å². The number of halogens is 3.